The van der Waals surface area contributed by atoms with Gasteiger partial charge in [0.15, 0.2) is 17.2 Å². The third kappa shape index (κ3) is 6.67. The van der Waals surface area contributed by atoms with Gasteiger partial charge >= 0.3 is 0 Å². The van der Waals surface area contributed by atoms with E-state index in [-0.39, 0.29) is 29.8 Å². The number of nitrogens with two attached hydrogens (primary N) is 1. The van der Waals surface area contributed by atoms with E-state index in [4.69, 9.17) is 19.9 Å². The number of rotatable bonds is 10. The Morgan fingerprint density at radius 1 is 1.24 bits per heavy atom. The number of hydrogen-bond acceptors (Lipinski definition) is 12. The lowest BCUT2D eigenvalue weighted by Gasteiger charge is -2.25. The second-order valence-electron chi connectivity index (χ2n) is 8.81. The Bertz CT molecular complexity index is 1540. The first-order valence-electron chi connectivity index (χ1n) is 12.3. The summed E-state index contributed by atoms with van der Waals surface area (Å²) in [6, 6.07) is 9.45. The number of amides is 1. The van der Waals surface area contributed by atoms with Gasteiger partial charge in [0.2, 0.25) is 11.6 Å². The van der Waals surface area contributed by atoms with E-state index in [1.165, 1.54) is 30.1 Å². The number of methoxy groups -OCH3 is 1. The summed E-state index contributed by atoms with van der Waals surface area (Å²) < 4.78 is 36.4. The van der Waals surface area contributed by atoms with Crippen LogP contribution >= 0.6 is 15.9 Å². The molecule has 214 valence electrons. The lowest BCUT2D eigenvalue weighted by Crippen LogP contribution is -2.36. The fourth-order valence-electron chi connectivity index (χ4n) is 4.01. The van der Waals surface area contributed by atoms with Crippen molar-refractivity contribution in [2.24, 2.45) is 5.10 Å². The second-order valence-corrected chi connectivity index (χ2v) is 9.66. The van der Waals surface area contributed by atoms with E-state index in [1.54, 1.807) is 24.3 Å². The van der Waals surface area contributed by atoms with E-state index >= 15 is 0 Å². The Hall–Kier alpha value is -4.41. The predicted molar refractivity (Wildman–Crippen MR) is 146 cm³/mol. The van der Waals surface area contributed by atoms with Gasteiger partial charge in [-0.2, -0.15) is 9.78 Å². The molecule has 0 unspecified atom stereocenters. The minimum Gasteiger partial charge on any atom is -0.493 e. The van der Waals surface area contributed by atoms with Crippen molar-refractivity contribution in [3.8, 4) is 17.3 Å². The van der Waals surface area contributed by atoms with E-state index in [2.05, 4.69) is 56.6 Å². The van der Waals surface area contributed by atoms with Crippen molar-refractivity contribution in [3.63, 3.8) is 0 Å². The van der Waals surface area contributed by atoms with Crippen LogP contribution in [0.3, 0.4) is 0 Å². The Balaban J connectivity index is 1.32. The molecular formula is C25H25BrFN9O5. The van der Waals surface area contributed by atoms with Crippen molar-refractivity contribution >= 4 is 33.9 Å². The number of carbonyl (C=O) groups excluding carboxylic acids is 1. The van der Waals surface area contributed by atoms with Gasteiger partial charge in [-0.05, 0) is 61.6 Å². The molecule has 0 saturated carbocycles. The molecule has 1 aliphatic heterocycles. The topological polar surface area (TPSA) is 168 Å². The number of halogens is 2. The summed E-state index contributed by atoms with van der Waals surface area (Å²) in [5.41, 5.74) is 10.2. The van der Waals surface area contributed by atoms with Crippen molar-refractivity contribution in [1.29, 1.82) is 0 Å². The zero-order valence-electron chi connectivity index (χ0n) is 21.8. The van der Waals surface area contributed by atoms with Crippen LogP contribution in [0.4, 0.5) is 10.2 Å². The van der Waals surface area contributed by atoms with Gasteiger partial charge in [0.1, 0.15) is 18.1 Å². The Labute approximate surface area is 241 Å². The number of nitrogens with one attached hydrogen (secondary N) is 1. The lowest BCUT2D eigenvalue weighted by atomic mass is 10.2. The molecule has 1 saturated heterocycles. The highest BCUT2D eigenvalue weighted by Gasteiger charge is 2.26. The number of benzene rings is 2. The first kappa shape index (κ1) is 28.1. The number of nitrogens with zero attached hydrogens (tertiary/aromatic N) is 7. The van der Waals surface area contributed by atoms with Crippen molar-refractivity contribution in [2.75, 3.05) is 39.1 Å². The van der Waals surface area contributed by atoms with Crippen LogP contribution in [-0.4, -0.2) is 75.7 Å². The fourth-order valence-corrected chi connectivity index (χ4v) is 4.59. The van der Waals surface area contributed by atoms with Crippen LogP contribution < -0.4 is 20.6 Å². The van der Waals surface area contributed by atoms with Crippen LogP contribution in [0, 0.1) is 5.82 Å². The molecule has 1 amide bonds. The molecule has 2 aromatic carbocycles. The number of aromatic nitrogens is 5. The SMILES string of the molecule is COc1cc(/C=N\NC(=O)c2c(CN3CCOCC3)nnn2-c2nonc2N)cc(Br)c1OCc1ccc(F)cc1. The largest absolute Gasteiger partial charge is 0.493 e. The monoisotopic (exact) mass is 629 g/mol. The van der Waals surface area contributed by atoms with Gasteiger partial charge in [0.25, 0.3) is 5.91 Å². The van der Waals surface area contributed by atoms with E-state index in [9.17, 15) is 9.18 Å². The quantitative estimate of drug-likeness (QED) is 0.195. The molecule has 0 aliphatic carbocycles. The Kier molecular flexibility index (Phi) is 8.81. The number of hydrazone groups is 1. The van der Waals surface area contributed by atoms with E-state index in [1.807, 2.05) is 0 Å². The van der Waals surface area contributed by atoms with Crippen LogP contribution in [0.1, 0.15) is 27.3 Å². The maximum absolute atomic E-state index is 13.3. The maximum atomic E-state index is 13.3. The van der Waals surface area contributed by atoms with Crippen LogP contribution in [0.25, 0.3) is 5.82 Å². The Morgan fingerprint density at radius 3 is 2.73 bits per heavy atom. The van der Waals surface area contributed by atoms with Gasteiger partial charge in [-0.1, -0.05) is 17.3 Å². The average molecular weight is 630 g/mol. The molecule has 5 rings (SSSR count). The summed E-state index contributed by atoms with van der Waals surface area (Å²) in [5.74, 6) is -0.0505. The minimum absolute atomic E-state index is 0.0322. The van der Waals surface area contributed by atoms with Crippen LogP contribution in [0.15, 0.2) is 50.6 Å². The number of nitrogen functional groups attached to an aromatic ring is 1. The van der Waals surface area contributed by atoms with Crippen LogP contribution in [0.5, 0.6) is 11.5 Å². The third-order valence-corrected chi connectivity index (χ3v) is 6.65. The summed E-state index contributed by atoms with van der Waals surface area (Å²) in [7, 11) is 1.50. The van der Waals surface area contributed by atoms with Crippen molar-refractivity contribution in [1.82, 2.24) is 35.6 Å². The number of carbonyl (C=O) groups is 1. The summed E-state index contributed by atoms with van der Waals surface area (Å²) in [6.07, 6.45) is 1.44. The van der Waals surface area contributed by atoms with Crippen LogP contribution in [-0.2, 0) is 17.9 Å². The summed E-state index contributed by atoms with van der Waals surface area (Å²) >= 11 is 3.49. The molecular weight excluding hydrogens is 605 g/mol. The number of anilines is 1. The first-order valence-corrected chi connectivity index (χ1v) is 13.1. The molecule has 14 nitrogen and oxygen atoms in total. The lowest BCUT2D eigenvalue weighted by molar-refractivity contribution is 0.0335. The highest BCUT2D eigenvalue weighted by molar-refractivity contribution is 9.10. The number of hydrogen-bond donors (Lipinski definition) is 2. The van der Waals surface area contributed by atoms with Gasteiger partial charge in [-0.25, -0.2) is 14.4 Å². The molecule has 1 aliphatic rings. The second kappa shape index (κ2) is 12.8. The first-order chi connectivity index (χ1) is 19.9. The van der Waals surface area contributed by atoms with Crippen molar-refractivity contribution in [3.05, 3.63) is 69.2 Å². The molecule has 0 atom stereocenters. The molecule has 0 radical (unpaired) electrons. The molecule has 0 bridgehead atoms. The van der Waals surface area contributed by atoms with Gasteiger partial charge in [0.05, 0.1) is 31.0 Å². The van der Waals surface area contributed by atoms with E-state index in [0.29, 0.717) is 60.1 Å². The highest BCUT2D eigenvalue weighted by Crippen LogP contribution is 2.37. The van der Waals surface area contributed by atoms with Gasteiger partial charge in [0, 0.05) is 19.6 Å². The molecule has 1 fully saturated rings. The highest BCUT2D eigenvalue weighted by atomic mass is 79.9. The summed E-state index contributed by atoms with van der Waals surface area (Å²) in [6.45, 7) is 3.08. The zero-order chi connectivity index (χ0) is 28.8. The minimum atomic E-state index is -0.595. The molecule has 3 N–H and O–H groups in total. The standard InChI is InChI=1S/C25H25BrFN9O5/c1-38-20-11-16(10-18(26)22(20)40-14-15-2-4-17(27)5-3-15)12-29-31-25(37)21-19(13-35-6-8-39-9-7-35)30-34-36(21)24-23(28)32-41-33-24/h2-5,10-12H,6-9,13-14H2,1H3,(H2,28,32)(H,31,37)/b29-12-. The van der Waals surface area contributed by atoms with Crippen molar-refractivity contribution in [2.45, 2.75) is 13.2 Å². The van der Waals surface area contributed by atoms with Gasteiger partial charge in [-0.3, -0.25) is 9.69 Å². The normalized spacial score (nSPS) is 13.9. The number of morpholine rings is 1. The van der Waals surface area contributed by atoms with E-state index < -0.39 is 5.91 Å². The van der Waals surface area contributed by atoms with Crippen LogP contribution in [0.2, 0.25) is 0 Å². The van der Waals surface area contributed by atoms with Gasteiger partial charge in [-0.15, -0.1) is 5.10 Å². The molecule has 41 heavy (non-hydrogen) atoms. The zero-order valence-corrected chi connectivity index (χ0v) is 23.4. The fraction of sp³-hybridized carbons (Fsp3) is 0.280. The van der Waals surface area contributed by atoms with Gasteiger partial charge < -0.3 is 19.9 Å². The third-order valence-electron chi connectivity index (χ3n) is 6.06. The van der Waals surface area contributed by atoms with Crippen molar-refractivity contribution < 1.29 is 28.0 Å². The molecule has 16 heteroatoms. The molecule has 4 aromatic rings. The smallest absolute Gasteiger partial charge is 0.292 e. The summed E-state index contributed by atoms with van der Waals surface area (Å²) in [4.78, 5) is 15.4. The Morgan fingerprint density at radius 2 is 2.02 bits per heavy atom. The number of ether oxygens (including phenoxy) is 3. The van der Waals surface area contributed by atoms with E-state index in [0.717, 1.165) is 5.56 Å². The molecule has 2 aromatic heterocycles. The molecule has 0 spiro atoms. The average Bonchev–Trinajstić information content (AvgIpc) is 3.59. The summed E-state index contributed by atoms with van der Waals surface area (Å²) in [5, 5.41) is 19.6. The predicted octanol–water partition coefficient (Wildman–Crippen LogP) is 2.32. The maximum Gasteiger partial charge on any atom is 0.292 e. The molecule has 3 heterocycles.